The Morgan fingerprint density at radius 2 is 1.78 bits per heavy atom. The number of para-hydroxylation sites is 1. The predicted molar refractivity (Wildman–Crippen MR) is 105 cm³/mol. The smallest absolute Gasteiger partial charge is 0.321 e. The highest BCUT2D eigenvalue weighted by atomic mass is 16.5. The van der Waals surface area contributed by atoms with Crippen LogP contribution in [0.25, 0.3) is 0 Å². The summed E-state index contributed by atoms with van der Waals surface area (Å²) in [5, 5.41) is 3.02. The summed E-state index contributed by atoms with van der Waals surface area (Å²) in [4.78, 5) is 14.5. The third-order valence-corrected chi connectivity index (χ3v) is 4.77. The zero-order valence-corrected chi connectivity index (χ0v) is 16.1. The van der Waals surface area contributed by atoms with Gasteiger partial charge in [0.15, 0.2) is 11.5 Å². The monoisotopic (exact) mass is 370 g/mol. The molecule has 0 spiro atoms. The molecule has 2 aromatic carbocycles. The van der Waals surface area contributed by atoms with E-state index in [0.717, 1.165) is 30.6 Å². The molecule has 1 N–H and O–H groups in total. The first kappa shape index (κ1) is 18.9. The van der Waals surface area contributed by atoms with Crippen LogP contribution < -0.4 is 24.4 Å². The Labute approximate surface area is 160 Å². The van der Waals surface area contributed by atoms with Crippen LogP contribution in [0.4, 0.5) is 10.5 Å². The molecule has 27 heavy (non-hydrogen) atoms. The summed E-state index contributed by atoms with van der Waals surface area (Å²) in [7, 11) is 4.77. The summed E-state index contributed by atoms with van der Waals surface area (Å²) in [6.07, 6.45) is 2.67. The maximum absolute atomic E-state index is 12.6. The molecule has 0 bridgehead atoms. The van der Waals surface area contributed by atoms with Gasteiger partial charge in [-0.25, -0.2) is 4.79 Å². The minimum Gasteiger partial charge on any atom is -0.493 e. The number of amides is 2. The Kier molecular flexibility index (Phi) is 6.06. The fourth-order valence-corrected chi connectivity index (χ4v) is 3.43. The summed E-state index contributed by atoms with van der Waals surface area (Å²) >= 11 is 0. The van der Waals surface area contributed by atoms with Crippen LogP contribution in [0.5, 0.6) is 17.2 Å². The molecule has 0 aliphatic carbocycles. The summed E-state index contributed by atoms with van der Waals surface area (Å²) in [6, 6.07) is 11.8. The summed E-state index contributed by atoms with van der Waals surface area (Å²) in [5.74, 6) is 1.80. The van der Waals surface area contributed by atoms with Crippen molar-refractivity contribution < 1.29 is 19.0 Å². The van der Waals surface area contributed by atoms with E-state index >= 15 is 0 Å². The third-order valence-electron chi connectivity index (χ3n) is 4.77. The molecular formula is C21H26N2O4. The number of nitrogens with one attached hydrogen (secondary N) is 1. The molecule has 0 aromatic heterocycles. The van der Waals surface area contributed by atoms with Gasteiger partial charge >= 0.3 is 6.03 Å². The number of fused-ring (bicyclic) bond motifs is 1. The Hall–Kier alpha value is -2.89. The highest BCUT2D eigenvalue weighted by Crippen LogP contribution is 2.38. The maximum atomic E-state index is 12.6. The number of benzene rings is 2. The third kappa shape index (κ3) is 4.10. The number of hydrogen-bond donors (Lipinski definition) is 1. The van der Waals surface area contributed by atoms with Crippen molar-refractivity contribution in [3.63, 3.8) is 0 Å². The van der Waals surface area contributed by atoms with Crippen molar-refractivity contribution in [1.82, 2.24) is 5.32 Å². The quantitative estimate of drug-likeness (QED) is 0.846. The van der Waals surface area contributed by atoms with E-state index in [4.69, 9.17) is 14.2 Å². The Morgan fingerprint density at radius 3 is 2.44 bits per heavy atom. The van der Waals surface area contributed by atoms with Crippen molar-refractivity contribution in [3.8, 4) is 17.2 Å². The number of carbonyl (C=O) groups is 1. The minimum absolute atomic E-state index is 0.0606. The van der Waals surface area contributed by atoms with Gasteiger partial charge in [-0.3, -0.25) is 4.90 Å². The van der Waals surface area contributed by atoms with Crippen LogP contribution in [0.1, 0.15) is 17.5 Å². The van der Waals surface area contributed by atoms with Gasteiger partial charge in [-0.05, 0) is 48.6 Å². The van der Waals surface area contributed by atoms with E-state index in [1.807, 2.05) is 35.2 Å². The molecule has 0 atom stereocenters. The van der Waals surface area contributed by atoms with Crippen molar-refractivity contribution in [2.45, 2.75) is 19.3 Å². The van der Waals surface area contributed by atoms with Crippen LogP contribution in [0, 0.1) is 0 Å². The summed E-state index contributed by atoms with van der Waals surface area (Å²) in [5.41, 5.74) is 3.24. The van der Waals surface area contributed by atoms with Crippen molar-refractivity contribution in [2.24, 2.45) is 0 Å². The van der Waals surface area contributed by atoms with Crippen molar-refractivity contribution in [3.05, 3.63) is 47.5 Å². The highest BCUT2D eigenvalue weighted by Gasteiger charge is 2.21. The standard InChI is InChI=1S/C21H26N2O4/c1-25-18-13-15(14-19(26-2)20(18)27-3)10-11-22-21(24)23-12-6-8-16-7-4-5-9-17(16)23/h4-5,7,9,13-14H,6,8,10-12H2,1-3H3,(H,22,24). The fraction of sp³-hybridized carbons (Fsp3) is 0.381. The summed E-state index contributed by atoms with van der Waals surface area (Å²) < 4.78 is 16.1. The van der Waals surface area contributed by atoms with Crippen LogP contribution in [-0.4, -0.2) is 40.5 Å². The SMILES string of the molecule is COc1cc(CCNC(=O)N2CCCc3ccccc32)cc(OC)c1OC. The van der Waals surface area contributed by atoms with Gasteiger partial charge in [0.25, 0.3) is 0 Å². The van der Waals surface area contributed by atoms with E-state index in [2.05, 4.69) is 11.4 Å². The van der Waals surface area contributed by atoms with Gasteiger partial charge in [0, 0.05) is 18.8 Å². The molecule has 2 aromatic rings. The van der Waals surface area contributed by atoms with Gasteiger partial charge in [-0.1, -0.05) is 18.2 Å². The van der Waals surface area contributed by atoms with Crippen molar-refractivity contribution in [1.29, 1.82) is 0 Å². The zero-order chi connectivity index (χ0) is 19.2. The molecule has 2 amide bonds. The molecule has 3 rings (SSSR count). The Morgan fingerprint density at radius 1 is 1.07 bits per heavy atom. The average molecular weight is 370 g/mol. The van der Waals surface area contributed by atoms with Gasteiger partial charge in [0.1, 0.15) is 0 Å². The van der Waals surface area contributed by atoms with Crippen molar-refractivity contribution in [2.75, 3.05) is 39.3 Å². The molecule has 1 aliphatic heterocycles. The molecule has 0 saturated heterocycles. The molecular weight excluding hydrogens is 344 g/mol. The van der Waals surface area contributed by atoms with Gasteiger partial charge in [-0.15, -0.1) is 0 Å². The number of nitrogens with zero attached hydrogens (tertiary/aromatic N) is 1. The van der Waals surface area contributed by atoms with Gasteiger partial charge in [0.05, 0.1) is 21.3 Å². The van der Waals surface area contributed by atoms with Crippen LogP contribution in [0.3, 0.4) is 0 Å². The lowest BCUT2D eigenvalue weighted by Crippen LogP contribution is -2.43. The first-order chi connectivity index (χ1) is 13.2. The molecule has 0 radical (unpaired) electrons. The molecule has 144 valence electrons. The second kappa shape index (κ2) is 8.66. The largest absolute Gasteiger partial charge is 0.493 e. The second-order valence-corrected chi connectivity index (χ2v) is 6.40. The summed E-state index contributed by atoms with van der Waals surface area (Å²) in [6.45, 7) is 1.27. The molecule has 6 nitrogen and oxygen atoms in total. The molecule has 1 heterocycles. The fourth-order valence-electron chi connectivity index (χ4n) is 3.43. The number of anilines is 1. The minimum atomic E-state index is -0.0606. The topological polar surface area (TPSA) is 60.0 Å². The molecule has 0 saturated carbocycles. The average Bonchev–Trinajstić information content (AvgIpc) is 2.72. The first-order valence-corrected chi connectivity index (χ1v) is 9.10. The van der Waals surface area contributed by atoms with Crippen LogP contribution in [-0.2, 0) is 12.8 Å². The lowest BCUT2D eigenvalue weighted by Gasteiger charge is -2.29. The van der Waals surface area contributed by atoms with Gasteiger partial charge in [-0.2, -0.15) is 0 Å². The highest BCUT2D eigenvalue weighted by molar-refractivity contribution is 5.93. The molecule has 1 aliphatic rings. The van der Waals surface area contributed by atoms with E-state index in [-0.39, 0.29) is 6.03 Å². The molecule has 0 unspecified atom stereocenters. The predicted octanol–water partition coefficient (Wildman–Crippen LogP) is 3.42. The Balaban J connectivity index is 1.64. The van der Waals surface area contributed by atoms with Crippen LogP contribution >= 0.6 is 0 Å². The van der Waals surface area contributed by atoms with Crippen LogP contribution in [0.2, 0.25) is 0 Å². The van der Waals surface area contributed by atoms with E-state index in [9.17, 15) is 4.79 Å². The number of rotatable bonds is 6. The number of carbonyl (C=O) groups excluding carboxylic acids is 1. The van der Waals surface area contributed by atoms with E-state index in [1.54, 1.807) is 21.3 Å². The number of aryl methyl sites for hydroxylation is 1. The van der Waals surface area contributed by atoms with Gasteiger partial charge < -0.3 is 19.5 Å². The Bertz CT molecular complexity index is 782. The van der Waals surface area contributed by atoms with E-state index in [0.29, 0.717) is 30.2 Å². The maximum Gasteiger partial charge on any atom is 0.321 e. The number of methoxy groups -OCH3 is 3. The van der Waals surface area contributed by atoms with Crippen molar-refractivity contribution >= 4 is 11.7 Å². The van der Waals surface area contributed by atoms with E-state index < -0.39 is 0 Å². The lowest BCUT2D eigenvalue weighted by atomic mass is 10.0. The lowest BCUT2D eigenvalue weighted by molar-refractivity contribution is 0.246. The first-order valence-electron chi connectivity index (χ1n) is 9.10. The normalized spacial score (nSPS) is 12.9. The molecule has 6 heteroatoms. The molecule has 0 fully saturated rings. The number of hydrogen-bond acceptors (Lipinski definition) is 4. The van der Waals surface area contributed by atoms with Crippen LogP contribution in [0.15, 0.2) is 36.4 Å². The van der Waals surface area contributed by atoms with E-state index in [1.165, 1.54) is 5.56 Å². The van der Waals surface area contributed by atoms with Gasteiger partial charge in [0.2, 0.25) is 5.75 Å². The zero-order valence-electron chi connectivity index (χ0n) is 16.1. The number of ether oxygens (including phenoxy) is 3. The number of urea groups is 1. The second-order valence-electron chi connectivity index (χ2n) is 6.40.